The van der Waals surface area contributed by atoms with Gasteiger partial charge in [0.1, 0.15) is 0 Å². The fraction of sp³-hybridized carbons (Fsp3) is 0.526. The molecule has 0 saturated carbocycles. The Morgan fingerprint density at radius 3 is 2.88 bits per heavy atom. The number of ether oxygens (including phenoxy) is 1. The minimum Gasteiger partial charge on any atom is -0.370 e. The maximum Gasteiger partial charge on any atom is 0.0983 e. The van der Waals surface area contributed by atoms with Crippen molar-refractivity contribution in [1.82, 2.24) is 9.88 Å². The number of aromatic nitrogens is 1. The summed E-state index contributed by atoms with van der Waals surface area (Å²) in [5, 5.41) is 3.34. The number of nitrogens with zero attached hydrogens (tertiary/aromatic N) is 3. The molecule has 0 amide bonds. The molecule has 0 radical (unpaired) electrons. The number of rotatable bonds is 3. The predicted molar refractivity (Wildman–Crippen MR) is 98.7 cm³/mol. The first kappa shape index (κ1) is 16.1. The van der Waals surface area contributed by atoms with E-state index in [0.717, 1.165) is 50.8 Å². The van der Waals surface area contributed by atoms with Crippen molar-refractivity contribution in [3.63, 3.8) is 0 Å². The second-order valence-corrected chi connectivity index (χ2v) is 8.02. The van der Waals surface area contributed by atoms with Crippen molar-refractivity contribution < 1.29 is 4.74 Å². The summed E-state index contributed by atoms with van der Waals surface area (Å²) in [6.45, 7) is 7.97. The third-order valence-corrected chi connectivity index (χ3v) is 5.86. The Kier molecular flexibility index (Phi) is 4.57. The van der Waals surface area contributed by atoms with E-state index in [1.807, 2.05) is 0 Å². The van der Waals surface area contributed by atoms with Gasteiger partial charge in [0.2, 0.25) is 0 Å². The number of aryl methyl sites for hydroxylation is 1. The Morgan fingerprint density at radius 1 is 1.21 bits per heavy atom. The lowest BCUT2D eigenvalue weighted by atomic mass is 9.90. The maximum atomic E-state index is 6.33. The Hall–Kier alpha value is -1.43. The molecule has 2 saturated heterocycles. The number of likely N-dealkylation sites (tertiary alicyclic amines) is 1. The molecule has 24 heavy (non-hydrogen) atoms. The number of para-hydroxylation sites is 1. The van der Waals surface area contributed by atoms with E-state index in [1.165, 1.54) is 17.8 Å². The van der Waals surface area contributed by atoms with Crippen LogP contribution in [-0.4, -0.2) is 48.3 Å². The summed E-state index contributed by atoms with van der Waals surface area (Å²) in [7, 11) is 0. The van der Waals surface area contributed by atoms with Gasteiger partial charge in [0.05, 0.1) is 22.9 Å². The average Bonchev–Trinajstić information content (AvgIpc) is 3.01. The third-order valence-electron chi connectivity index (χ3n) is 5.04. The molecule has 2 aliphatic heterocycles. The molecule has 2 aliphatic rings. The minimum absolute atomic E-state index is 0.0303. The molecule has 0 aliphatic carbocycles. The van der Waals surface area contributed by atoms with E-state index >= 15 is 0 Å². The lowest BCUT2D eigenvalue weighted by Gasteiger charge is -2.48. The summed E-state index contributed by atoms with van der Waals surface area (Å²) in [6.07, 6.45) is 2.36. The molecule has 0 N–H and O–H groups in total. The van der Waals surface area contributed by atoms with Crippen LogP contribution in [0.25, 0.3) is 0 Å². The van der Waals surface area contributed by atoms with Crippen molar-refractivity contribution in [2.24, 2.45) is 0 Å². The van der Waals surface area contributed by atoms with E-state index in [1.54, 1.807) is 11.3 Å². The molecule has 1 aromatic heterocycles. The first-order valence-corrected chi connectivity index (χ1v) is 9.68. The van der Waals surface area contributed by atoms with E-state index in [-0.39, 0.29) is 5.60 Å². The van der Waals surface area contributed by atoms with E-state index in [2.05, 4.69) is 57.4 Å². The first-order chi connectivity index (χ1) is 11.7. The number of piperidine rings is 1. The summed E-state index contributed by atoms with van der Waals surface area (Å²) in [5.74, 6) is 0. The fourth-order valence-electron chi connectivity index (χ4n) is 3.99. The number of hydrogen-bond acceptors (Lipinski definition) is 5. The quantitative estimate of drug-likeness (QED) is 0.855. The predicted octanol–water partition coefficient (Wildman–Crippen LogP) is 3.32. The number of anilines is 1. The number of morpholine rings is 1. The molecule has 4 nitrogen and oxygen atoms in total. The summed E-state index contributed by atoms with van der Waals surface area (Å²) in [4.78, 5) is 9.63. The van der Waals surface area contributed by atoms with Crippen LogP contribution in [0.1, 0.15) is 23.5 Å². The van der Waals surface area contributed by atoms with Gasteiger partial charge >= 0.3 is 0 Å². The highest BCUT2D eigenvalue weighted by Crippen LogP contribution is 2.31. The smallest absolute Gasteiger partial charge is 0.0983 e. The van der Waals surface area contributed by atoms with Gasteiger partial charge in [0.15, 0.2) is 0 Å². The molecule has 128 valence electrons. The molecule has 1 spiro atoms. The van der Waals surface area contributed by atoms with Gasteiger partial charge in [-0.15, -0.1) is 11.3 Å². The van der Waals surface area contributed by atoms with Crippen LogP contribution in [0.5, 0.6) is 0 Å². The SMILES string of the molecule is Cc1nc(CN2CCCC3(C2)CN(c2ccccc2)CCO3)cs1. The minimum atomic E-state index is -0.0303. The van der Waals surface area contributed by atoms with Gasteiger partial charge in [0.25, 0.3) is 0 Å². The normalized spacial score (nSPS) is 25.3. The zero-order valence-corrected chi connectivity index (χ0v) is 15.1. The Labute approximate surface area is 148 Å². The lowest BCUT2D eigenvalue weighted by molar-refractivity contribution is -0.0986. The van der Waals surface area contributed by atoms with Gasteiger partial charge in [0, 0.05) is 37.2 Å². The number of hydrogen-bond donors (Lipinski definition) is 0. The van der Waals surface area contributed by atoms with Crippen LogP contribution < -0.4 is 4.90 Å². The lowest BCUT2D eigenvalue weighted by Crippen LogP contribution is -2.59. The molecule has 2 fully saturated rings. The average molecular weight is 343 g/mol. The van der Waals surface area contributed by atoms with Crippen molar-refractivity contribution >= 4 is 17.0 Å². The van der Waals surface area contributed by atoms with E-state index < -0.39 is 0 Å². The standard InChI is InChI=1S/C19H25N3OS/c1-16-20-17(13-24-16)12-21-9-5-8-19(14-21)15-22(10-11-23-19)18-6-3-2-4-7-18/h2-4,6-7,13H,5,8-12,14-15H2,1H3. The molecule has 4 rings (SSSR count). The van der Waals surface area contributed by atoms with Crippen molar-refractivity contribution in [1.29, 1.82) is 0 Å². The third kappa shape index (κ3) is 3.48. The maximum absolute atomic E-state index is 6.33. The van der Waals surface area contributed by atoms with Gasteiger partial charge in [-0.05, 0) is 38.4 Å². The fourth-order valence-corrected chi connectivity index (χ4v) is 4.59. The van der Waals surface area contributed by atoms with Crippen LogP contribution in [-0.2, 0) is 11.3 Å². The van der Waals surface area contributed by atoms with Crippen LogP contribution in [0.15, 0.2) is 35.7 Å². The molecule has 5 heteroatoms. The van der Waals surface area contributed by atoms with Gasteiger partial charge < -0.3 is 9.64 Å². The van der Waals surface area contributed by atoms with Crippen molar-refractivity contribution in [2.75, 3.05) is 37.7 Å². The van der Waals surface area contributed by atoms with Crippen LogP contribution in [0.2, 0.25) is 0 Å². The summed E-state index contributed by atoms with van der Waals surface area (Å²) in [5.41, 5.74) is 2.48. The van der Waals surface area contributed by atoms with Crippen molar-refractivity contribution in [3.8, 4) is 0 Å². The molecule has 0 bridgehead atoms. The highest BCUT2D eigenvalue weighted by Gasteiger charge is 2.40. The molecular weight excluding hydrogens is 318 g/mol. The highest BCUT2D eigenvalue weighted by atomic mass is 32.1. The monoisotopic (exact) mass is 343 g/mol. The van der Waals surface area contributed by atoms with Gasteiger partial charge in [-0.25, -0.2) is 4.98 Å². The molecular formula is C19H25N3OS. The van der Waals surface area contributed by atoms with E-state index in [4.69, 9.17) is 4.74 Å². The first-order valence-electron chi connectivity index (χ1n) is 8.80. The summed E-state index contributed by atoms with van der Waals surface area (Å²) >= 11 is 1.74. The second kappa shape index (κ2) is 6.82. The number of thiazole rings is 1. The van der Waals surface area contributed by atoms with Crippen molar-refractivity contribution in [3.05, 3.63) is 46.4 Å². The van der Waals surface area contributed by atoms with E-state index in [0.29, 0.717) is 0 Å². The van der Waals surface area contributed by atoms with Gasteiger partial charge in [-0.2, -0.15) is 0 Å². The Balaban J connectivity index is 1.45. The topological polar surface area (TPSA) is 28.6 Å². The summed E-state index contributed by atoms with van der Waals surface area (Å²) < 4.78 is 6.33. The van der Waals surface area contributed by atoms with Gasteiger partial charge in [-0.1, -0.05) is 18.2 Å². The Bertz CT molecular complexity index is 670. The highest BCUT2D eigenvalue weighted by molar-refractivity contribution is 7.09. The summed E-state index contributed by atoms with van der Waals surface area (Å²) in [6, 6.07) is 10.7. The number of benzene rings is 1. The second-order valence-electron chi connectivity index (χ2n) is 6.96. The zero-order valence-electron chi connectivity index (χ0n) is 14.3. The molecule has 1 aromatic carbocycles. The Morgan fingerprint density at radius 2 is 2.08 bits per heavy atom. The van der Waals surface area contributed by atoms with Crippen LogP contribution >= 0.6 is 11.3 Å². The van der Waals surface area contributed by atoms with Gasteiger partial charge in [-0.3, -0.25) is 4.90 Å². The van der Waals surface area contributed by atoms with Crippen molar-refractivity contribution in [2.45, 2.75) is 31.9 Å². The van der Waals surface area contributed by atoms with Crippen LogP contribution in [0, 0.1) is 6.92 Å². The van der Waals surface area contributed by atoms with Crippen LogP contribution in [0.4, 0.5) is 5.69 Å². The molecule has 1 atom stereocenters. The van der Waals surface area contributed by atoms with Crippen LogP contribution in [0.3, 0.4) is 0 Å². The molecule has 1 unspecified atom stereocenters. The largest absolute Gasteiger partial charge is 0.370 e. The van der Waals surface area contributed by atoms with E-state index in [9.17, 15) is 0 Å². The molecule has 2 aromatic rings. The zero-order chi connectivity index (χ0) is 16.4. The molecule has 3 heterocycles.